The van der Waals surface area contributed by atoms with Crippen molar-refractivity contribution in [1.82, 2.24) is 10.6 Å². The van der Waals surface area contributed by atoms with Gasteiger partial charge in [-0.1, -0.05) is 44.2 Å². The van der Waals surface area contributed by atoms with Crippen molar-refractivity contribution in [3.05, 3.63) is 35.9 Å². The van der Waals surface area contributed by atoms with Gasteiger partial charge in [-0.3, -0.25) is 4.79 Å². The molecule has 0 fully saturated rings. The molecule has 0 aliphatic carbocycles. The SMILES string of the molecule is COC(=O)C(NC(=O)CNC(=O)OCc1ccccc1)C(C)C. The van der Waals surface area contributed by atoms with E-state index in [-0.39, 0.29) is 19.1 Å². The highest BCUT2D eigenvalue weighted by atomic mass is 16.5. The fourth-order valence-electron chi connectivity index (χ4n) is 1.78. The first-order valence-electron chi connectivity index (χ1n) is 7.25. The van der Waals surface area contributed by atoms with Gasteiger partial charge >= 0.3 is 12.1 Å². The third-order valence-corrected chi connectivity index (χ3v) is 3.04. The summed E-state index contributed by atoms with van der Waals surface area (Å²) in [5.41, 5.74) is 0.845. The van der Waals surface area contributed by atoms with Gasteiger partial charge in [-0.25, -0.2) is 9.59 Å². The standard InChI is InChI=1S/C16H22N2O5/c1-11(2)14(15(20)22-3)18-13(19)9-17-16(21)23-10-12-7-5-4-6-8-12/h4-8,11,14H,9-10H2,1-3H3,(H,17,21)(H,18,19). The minimum Gasteiger partial charge on any atom is -0.467 e. The van der Waals surface area contributed by atoms with Gasteiger partial charge in [0.1, 0.15) is 19.2 Å². The maximum Gasteiger partial charge on any atom is 0.407 e. The van der Waals surface area contributed by atoms with Crippen LogP contribution in [0, 0.1) is 5.92 Å². The van der Waals surface area contributed by atoms with Crippen LogP contribution in [-0.4, -0.2) is 37.7 Å². The summed E-state index contributed by atoms with van der Waals surface area (Å²) in [6.45, 7) is 3.39. The van der Waals surface area contributed by atoms with Gasteiger partial charge in [-0.2, -0.15) is 0 Å². The lowest BCUT2D eigenvalue weighted by molar-refractivity contribution is -0.146. The maximum absolute atomic E-state index is 11.8. The van der Waals surface area contributed by atoms with Crippen molar-refractivity contribution in [2.24, 2.45) is 5.92 Å². The number of hydrogen-bond acceptors (Lipinski definition) is 5. The number of methoxy groups -OCH3 is 1. The number of rotatable bonds is 7. The van der Waals surface area contributed by atoms with Crippen LogP contribution in [-0.2, 0) is 25.7 Å². The van der Waals surface area contributed by atoms with Gasteiger partial charge in [0.2, 0.25) is 5.91 Å². The zero-order valence-corrected chi connectivity index (χ0v) is 13.5. The molecule has 0 aliphatic rings. The fraction of sp³-hybridized carbons (Fsp3) is 0.438. The predicted octanol–water partition coefficient (Wildman–Crippen LogP) is 1.23. The predicted molar refractivity (Wildman–Crippen MR) is 83.4 cm³/mol. The van der Waals surface area contributed by atoms with Crippen LogP contribution in [0.2, 0.25) is 0 Å². The van der Waals surface area contributed by atoms with Gasteiger partial charge in [0, 0.05) is 0 Å². The zero-order valence-electron chi connectivity index (χ0n) is 13.5. The summed E-state index contributed by atoms with van der Waals surface area (Å²) < 4.78 is 9.60. The molecule has 23 heavy (non-hydrogen) atoms. The third-order valence-electron chi connectivity index (χ3n) is 3.04. The molecular formula is C16H22N2O5. The second-order valence-corrected chi connectivity index (χ2v) is 5.23. The van der Waals surface area contributed by atoms with Crippen LogP contribution in [0.5, 0.6) is 0 Å². The van der Waals surface area contributed by atoms with Crippen LogP contribution < -0.4 is 10.6 Å². The normalized spacial score (nSPS) is 11.5. The molecule has 0 radical (unpaired) electrons. The summed E-state index contributed by atoms with van der Waals surface area (Å²) >= 11 is 0. The minimum absolute atomic E-state index is 0.116. The van der Waals surface area contributed by atoms with Crippen LogP contribution in [0.3, 0.4) is 0 Å². The van der Waals surface area contributed by atoms with Gasteiger partial charge in [0.05, 0.1) is 7.11 Å². The van der Waals surface area contributed by atoms with E-state index in [4.69, 9.17) is 4.74 Å². The number of benzene rings is 1. The Bertz CT molecular complexity index is 531. The summed E-state index contributed by atoms with van der Waals surface area (Å²) in [6, 6.07) is 8.42. The molecule has 0 aliphatic heterocycles. The molecule has 2 N–H and O–H groups in total. The highest BCUT2D eigenvalue weighted by Gasteiger charge is 2.24. The molecule has 1 unspecified atom stereocenters. The first kappa shape index (κ1) is 18.5. The monoisotopic (exact) mass is 322 g/mol. The molecule has 1 rings (SSSR count). The van der Waals surface area contributed by atoms with Crippen LogP contribution in [0.25, 0.3) is 0 Å². The van der Waals surface area contributed by atoms with Gasteiger partial charge in [-0.05, 0) is 11.5 Å². The lowest BCUT2D eigenvalue weighted by atomic mass is 10.0. The lowest BCUT2D eigenvalue weighted by Gasteiger charge is -2.19. The number of nitrogens with one attached hydrogen (secondary N) is 2. The maximum atomic E-state index is 11.8. The second kappa shape index (κ2) is 9.45. The highest BCUT2D eigenvalue weighted by Crippen LogP contribution is 2.03. The largest absolute Gasteiger partial charge is 0.467 e. The number of ether oxygens (including phenoxy) is 2. The Kier molecular flexibility index (Phi) is 7.59. The summed E-state index contributed by atoms with van der Waals surface area (Å²) in [4.78, 5) is 34.8. The van der Waals surface area contributed by atoms with Crippen molar-refractivity contribution in [3.8, 4) is 0 Å². The highest BCUT2D eigenvalue weighted by molar-refractivity contribution is 5.87. The smallest absolute Gasteiger partial charge is 0.407 e. The van der Waals surface area contributed by atoms with E-state index < -0.39 is 24.0 Å². The number of hydrogen-bond donors (Lipinski definition) is 2. The third kappa shape index (κ3) is 6.82. The van der Waals surface area contributed by atoms with Gasteiger partial charge in [-0.15, -0.1) is 0 Å². The van der Waals surface area contributed by atoms with Crippen molar-refractivity contribution < 1.29 is 23.9 Å². The molecule has 1 atom stereocenters. The molecule has 0 aromatic heterocycles. The molecule has 0 bridgehead atoms. The Hall–Kier alpha value is -2.57. The van der Waals surface area contributed by atoms with Crippen molar-refractivity contribution in [1.29, 1.82) is 0 Å². The molecule has 0 heterocycles. The number of carbonyl (C=O) groups excluding carboxylic acids is 3. The lowest BCUT2D eigenvalue weighted by Crippen LogP contribution is -2.48. The van der Waals surface area contributed by atoms with Crippen LogP contribution in [0.15, 0.2) is 30.3 Å². The van der Waals surface area contributed by atoms with Crippen molar-refractivity contribution in [3.63, 3.8) is 0 Å². The average molecular weight is 322 g/mol. The van der Waals surface area contributed by atoms with E-state index in [1.54, 1.807) is 13.8 Å². The first-order chi connectivity index (χ1) is 10.9. The zero-order chi connectivity index (χ0) is 17.2. The topological polar surface area (TPSA) is 93.7 Å². The molecule has 1 aromatic carbocycles. The van der Waals surface area contributed by atoms with Gasteiger partial charge in [0.25, 0.3) is 0 Å². The average Bonchev–Trinajstić information content (AvgIpc) is 2.55. The van der Waals surface area contributed by atoms with Gasteiger partial charge in [0.15, 0.2) is 0 Å². The van der Waals surface area contributed by atoms with E-state index in [1.807, 2.05) is 30.3 Å². The molecule has 0 spiro atoms. The van der Waals surface area contributed by atoms with Gasteiger partial charge < -0.3 is 20.1 Å². The summed E-state index contributed by atoms with van der Waals surface area (Å²) in [6.07, 6.45) is -0.705. The first-order valence-corrected chi connectivity index (χ1v) is 7.25. The molecular weight excluding hydrogens is 300 g/mol. The Labute approximate surface area is 135 Å². The fourth-order valence-corrected chi connectivity index (χ4v) is 1.78. The summed E-state index contributed by atoms with van der Waals surface area (Å²) in [5.74, 6) is -1.15. The minimum atomic E-state index is -0.755. The Balaban J connectivity index is 2.34. The van der Waals surface area contributed by atoms with Crippen LogP contribution in [0.4, 0.5) is 4.79 Å². The molecule has 0 saturated heterocycles. The molecule has 126 valence electrons. The Morgan fingerprint density at radius 1 is 1.13 bits per heavy atom. The number of esters is 1. The van der Waals surface area contributed by atoms with E-state index in [0.717, 1.165) is 5.56 Å². The van der Waals surface area contributed by atoms with E-state index in [2.05, 4.69) is 15.4 Å². The molecule has 7 heteroatoms. The molecule has 2 amide bonds. The van der Waals surface area contributed by atoms with E-state index in [0.29, 0.717) is 0 Å². The van der Waals surface area contributed by atoms with Crippen LogP contribution in [0.1, 0.15) is 19.4 Å². The second-order valence-electron chi connectivity index (χ2n) is 5.23. The van der Waals surface area contributed by atoms with Crippen LogP contribution >= 0.6 is 0 Å². The molecule has 1 aromatic rings. The van der Waals surface area contributed by atoms with Crippen molar-refractivity contribution >= 4 is 18.0 Å². The number of alkyl carbamates (subject to hydrolysis) is 1. The quantitative estimate of drug-likeness (QED) is 0.736. The van der Waals surface area contributed by atoms with Crippen molar-refractivity contribution in [2.45, 2.75) is 26.5 Å². The Morgan fingerprint density at radius 3 is 2.35 bits per heavy atom. The summed E-state index contributed by atoms with van der Waals surface area (Å²) in [7, 11) is 1.25. The van der Waals surface area contributed by atoms with E-state index >= 15 is 0 Å². The number of amides is 2. The summed E-state index contributed by atoms with van der Waals surface area (Å²) in [5, 5.41) is 4.84. The Morgan fingerprint density at radius 2 is 1.78 bits per heavy atom. The molecule has 7 nitrogen and oxygen atoms in total. The van der Waals surface area contributed by atoms with E-state index in [1.165, 1.54) is 7.11 Å². The van der Waals surface area contributed by atoms with E-state index in [9.17, 15) is 14.4 Å². The molecule has 0 saturated carbocycles. The van der Waals surface area contributed by atoms with Crippen molar-refractivity contribution in [2.75, 3.05) is 13.7 Å². The number of carbonyl (C=O) groups is 3.